The number of carbonyl (C=O) groups excluding carboxylic acids is 1. The van der Waals surface area contributed by atoms with E-state index in [0.717, 1.165) is 11.3 Å². The van der Waals surface area contributed by atoms with E-state index in [0.29, 0.717) is 12.3 Å². The summed E-state index contributed by atoms with van der Waals surface area (Å²) >= 11 is 0. The largest absolute Gasteiger partial charge is 0.482 e. The van der Waals surface area contributed by atoms with E-state index in [2.05, 4.69) is 5.32 Å². The van der Waals surface area contributed by atoms with Crippen LogP contribution in [0.5, 0.6) is 5.75 Å². The third-order valence-electron chi connectivity index (χ3n) is 2.87. The Labute approximate surface area is 101 Å². The Kier molecular flexibility index (Phi) is 3.31. The molecule has 1 heterocycles. The van der Waals surface area contributed by atoms with Gasteiger partial charge >= 0.3 is 0 Å². The summed E-state index contributed by atoms with van der Waals surface area (Å²) in [6.07, 6.45) is 0. The molecule has 92 valence electrons. The second-order valence-electron chi connectivity index (χ2n) is 4.31. The SMILES string of the molecule is CN(C)C(CN)c1ccc2c(c1)NC(=O)CO2. The Bertz CT molecular complexity index is 432. The topological polar surface area (TPSA) is 67.6 Å². The second kappa shape index (κ2) is 4.73. The van der Waals surface area contributed by atoms with E-state index in [1.165, 1.54) is 0 Å². The number of rotatable bonds is 3. The number of nitrogens with one attached hydrogen (secondary N) is 1. The highest BCUT2D eigenvalue weighted by atomic mass is 16.5. The molecule has 5 heteroatoms. The van der Waals surface area contributed by atoms with Crippen LogP contribution in [0.1, 0.15) is 11.6 Å². The van der Waals surface area contributed by atoms with E-state index in [1.807, 2.05) is 37.2 Å². The molecule has 0 saturated heterocycles. The Hall–Kier alpha value is -1.59. The van der Waals surface area contributed by atoms with Crippen LogP contribution in [0, 0.1) is 0 Å². The van der Waals surface area contributed by atoms with Crippen molar-refractivity contribution in [2.45, 2.75) is 6.04 Å². The van der Waals surface area contributed by atoms with Gasteiger partial charge in [0.05, 0.1) is 5.69 Å². The highest BCUT2D eigenvalue weighted by Gasteiger charge is 2.19. The predicted octanol–water partition coefficient (Wildman–Crippen LogP) is 0.579. The predicted molar refractivity (Wildman–Crippen MR) is 66.0 cm³/mol. The van der Waals surface area contributed by atoms with E-state index in [1.54, 1.807) is 0 Å². The Morgan fingerprint density at radius 1 is 1.53 bits per heavy atom. The molecule has 17 heavy (non-hydrogen) atoms. The fraction of sp³-hybridized carbons (Fsp3) is 0.417. The lowest BCUT2D eigenvalue weighted by Crippen LogP contribution is -2.28. The first-order valence-electron chi connectivity index (χ1n) is 5.55. The molecule has 1 aromatic rings. The summed E-state index contributed by atoms with van der Waals surface area (Å²) in [5.41, 5.74) is 7.54. The van der Waals surface area contributed by atoms with Gasteiger partial charge in [0.1, 0.15) is 5.75 Å². The van der Waals surface area contributed by atoms with Gasteiger partial charge in [-0.05, 0) is 31.8 Å². The fourth-order valence-corrected chi connectivity index (χ4v) is 1.95. The molecule has 1 aromatic carbocycles. The van der Waals surface area contributed by atoms with Crippen LogP contribution in [0.2, 0.25) is 0 Å². The average Bonchev–Trinajstić information content (AvgIpc) is 2.29. The first-order chi connectivity index (χ1) is 8.11. The zero-order valence-electron chi connectivity index (χ0n) is 10.1. The van der Waals surface area contributed by atoms with E-state index in [4.69, 9.17) is 10.5 Å². The van der Waals surface area contributed by atoms with Crippen molar-refractivity contribution in [3.8, 4) is 5.75 Å². The molecule has 1 atom stereocenters. The quantitative estimate of drug-likeness (QED) is 0.804. The molecule has 3 N–H and O–H groups in total. The van der Waals surface area contributed by atoms with Crippen LogP contribution in [0.4, 0.5) is 5.69 Å². The number of amides is 1. The molecule has 0 fully saturated rings. The molecular formula is C12H17N3O2. The van der Waals surface area contributed by atoms with Crippen LogP contribution in [-0.2, 0) is 4.79 Å². The lowest BCUT2D eigenvalue weighted by molar-refractivity contribution is -0.118. The second-order valence-corrected chi connectivity index (χ2v) is 4.31. The lowest BCUT2D eigenvalue weighted by Gasteiger charge is -2.25. The maximum absolute atomic E-state index is 11.2. The van der Waals surface area contributed by atoms with Gasteiger partial charge in [-0.3, -0.25) is 4.79 Å². The molecule has 0 aromatic heterocycles. The molecule has 0 bridgehead atoms. The number of hydrogen-bond acceptors (Lipinski definition) is 4. The molecule has 2 rings (SSSR count). The first-order valence-corrected chi connectivity index (χ1v) is 5.55. The zero-order valence-corrected chi connectivity index (χ0v) is 10.1. The van der Waals surface area contributed by atoms with Crippen LogP contribution in [-0.4, -0.2) is 38.1 Å². The normalized spacial score (nSPS) is 16.1. The van der Waals surface area contributed by atoms with Gasteiger partial charge in [0.15, 0.2) is 6.61 Å². The number of nitrogens with two attached hydrogens (primary N) is 1. The number of ether oxygens (including phenoxy) is 1. The number of carbonyl (C=O) groups is 1. The van der Waals surface area contributed by atoms with E-state index >= 15 is 0 Å². The molecule has 0 spiro atoms. The van der Waals surface area contributed by atoms with Crippen molar-refractivity contribution in [2.24, 2.45) is 5.73 Å². The van der Waals surface area contributed by atoms with Gasteiger partial charge in [0, 0.05) is 12.6 Å². The molecule has 0 aliphatic carbocycles. The van der Waals surface area contributed by atoms with Crippen LogP contribution in [0.25, 0.3) is 0 Å². The summed E-state index contributed by atoms with van der Waals surface area (Å²) in [5, 5.41) is 2.79. The summed E-state index contributed by atoms with van der Waals surface area (Å²) in [7, 11) is 3.96. The van der Waals surface area contributed by atoms with Gasteiger partial charge in [-0.2, -0.15) is 0 Å². The minimum atomic E-state index is -0.121. The summed E-state index contributed by atoms with van der Waals surface area (Å²) in [5.74, 6) is 0.590. The summed E-state index contributed by atoms with van der Waals surface area (Å²) in [4.78, 5) is 13.3. The first kappa shape index (κ1) is 11.9. The molecule has 0 radical (unpaired) electrons. The molecule has 1 aliphatic heterocycles. The zero-order chi connectivity index (χ0) is 12.4. The maximum Gasteiger partial charge on any atom is 0.262 e. The number of anilines is 1. The number of benzene rings is 1. The van der Waals surface area contributed by atoms with Crippen molar-refractivity contribution in [1.29, 1.82) is 0 Å². The maximum atomic E-state index is 11.2. The van der Waals surface area contributed by atoms with Gasteiger partial charge in [-0.15, -0.1) is 0 Å². The van der Waals surface area contributed by atoms with Gasteiger partial charge in [0.25, 0.3) is 5.91 Å². The Balaban J connectivity index is 2.32. The highest BCUT2D eigenvalue weighted by Crippen LogP contribution is 2.31. The Morgan fingerprint density at radius 3 is 2.94 bits per heavy atom. The van der Waals surface area contributed by atoms with Crippen molar-refractivity contribution in [3.05, 3.63) is 23.8 Å². The van der Waals surface area contributed by atoms with Gasteiger partial charge in [-0.25, -0.2) is 0 Å². The van der Waals surface area contributed by atoms with E-state index in [-0.39, 0.29) is 18.6 Å². The minimum absolute atomic E-state index is 0.0837. The van der Waals surface area contributed by atoms with E-state index in [9.17, 15) is 4.79 Å². The van der Waals surface area contributed by atoms with Crippen molar-refractivity contribution in [3.63, 3.8) is 0 Å². The number of nitrogens with zero attached hydrogens (tertiary/aromatic N) is 1. The summed E-state index contributed by atoms with van der Waals surface area (Å²) in [6, 6.07) is 5.91. The lowest BCUT2D eigenvalue weighted by atomic mass is 10.0. The van der Waals surface area contributed by atoms with Crippen LogP contribution < -0.4 is 15.8 Å². The fourth-order valence-electron chi connectivity index (χ4n) is 1.95. The molecule has 1 unspecified atom stereocenters. The van der Waals surface area contributed by atoms with Gasteiger partial charge in [0.2, 0.25) is 0 Å². The van der Waals surface area contributed by atoms with E-state index < -0.39 is 0 Å². The number of fused-ring (bicyclic) bond motifs is 1. The number of likely N-dealkylation sites (N-methyl/N-ethyl adjacent to an activating group) is 1. The van der Waals surface area contributed by atoms with Crippen molar-refractivity contribution in [1.82, 2.24) is 4.90 Å². The van der Waals surface area contributed by atoms with Gasteiger partial charge < -0.3 is 20.7 Å². The van der Waals surface area contributed by atoms with Crippen molar-refractivity contribution < 1.29 is 9.53 Å². The van der Waals surface area contributed by atoms with Gasteiger partial charge in [-0.1, -0.05) is 6.07 Å². The molecule has 1 amide bonds. The van der Waals surface area contributed by atoms with Crippen molar-refractivity contribution >= 4 is 11.6 Å². The number of hydrogen-bond donors (Lipinski definition) is 2. The van der Waals surface area contributed by atoms with Crippen LogP contribution >= 0.6 is 0 Å². The average molecular weight is 235 g/mol. The van der Waals surface area contributed by atoms with Crippen LogP contribution in [0.3, 0.4) is 0 Å². The minimum Gasteiger partial charge on any atom is -0.482 e. The molecule has 1 aliphatic rings. The van der Waals surface area contributed by atoms with Crippen molar-refractivity contribution in [2.75, 3.05) is 32.6 Å². The standard InChI is InChI=1S/C12H17N3O2/c1-15(2)10(6-13)8-3-4-11-9(5-8)14-12(16)7-17-11/h3-5,10H,6-7,13H2,1-2H3,(H,14,16). The third kappa shape index (κ3) is 2.40. The van der Waals surface area contributed by atoms with Crippen LogP contribution in [0.15, 0.2) is 18.2 Å². The summed E-state index contributed by atoms with van der Waals surface area (Å²) < 4.78 is 5.31. The Morgan fingerprint density at radius 2 is 2.29 bits per heavy atom. The molecular weight excluding hydrogens is 218 g/mol. The molecule has 5 nitrogen and oxygen atoms in total. The highest BCUT2D eigenvalue weighted by molar-refractivity contribution is 5.95. The third-order valence-corrected chi connectivity index (χ3v) is 2.87. The summed E-state index contributed by atoms with van der Waals surface area (Å²) in [6.45, 7) is 0.612. The molecule has 0 saturated carbocycles. The monoisotopic (exact) mass is 235 g/mol. The smallest absolute Gasteiger partial charge is 0.262 e.